The highest BCUT2D eigenvalue weighted by atomic mass is 16.5. The van der Waals surface area contributed by atoms with E-state index in [0.717, 1.165) is 0 Å². The van der Waals surface area contributed by atoms with Gasteiger partial charge < -0.3 is 19.7 Å². The highest BCUT2D eigenvalue weighted by Crippen LogP contribution is 2.07. The van der Waals surface area contributed by atoms with Crippen molar-refractivity contribution in [1.82, 2.24) is 0 Å². The molecule has 18 heavy (non-hydrogen) atoms. The summed E-state index contributed by atoms with van der Waals surface area (Å²) in [6.07, 6.45) is 0. The molecule has 10 heteroatoms. The van der Waals surface area contributed by atoms with Gasteiger partial charge in [-0.2, -0.15) is 0 Å². The van der Waals surface area contributed by atoms with Gasteiger partial charge in [0.15, 0.2) is 0 Å². The molecule has 0 aliphatic heterocycles. The fourth-order valence-corrected chi connectivity index (χ4v) is 1.11. The second-order valence-corrected chi connectivity index (χ2v) is 3.14. The molecule has 102 valence electrons. The molecule has 0 aromatic carbocycles. The molecule has 0 aromatic heterocycles. The molecule has 0 saturated heterocycles. The summed E-state index contributed by atoms with van der Waals surface area (Å²) in [4.78, 5) is 5.28. The molecular formula is C8H16N6O4. The molecule has 0 spiro atoms. The van der Waals surface area contributed by atoms with Crippen molar-refractivity contribution in [3.8, 4) is 0 Å². The zero-order valence-electron chi connectivity index (χ0n) is 9.79. The van der Waals surface area contributed by atoms with E-state index in [0.29, 0.717) is 0 Å². The summed E-state index contributed by atoms with van der Waals surface area (Å²) >= 11 is 0. The topological polar surface area (TPSA) is 156 Å². The molecule has 0 radical (unpaired) electrons. The molecule has 10 nitrogen and oxygen atoms in total. The third-order valence-electron chi connectivity index (χ3n) is 1.89. The fourth-order valence-electron chi connectivity index (χ4n) is 1.11. The van der Waals surface area contributed by atoms with E-state index in [2.05, 4.69) is 20.1 Å². The van der Waals surface area contributed by atoms with Crippen molar-refractivity contribution >= 4 is 0 Å². The van der Waals surface area contributed by atoms with Gasteiger partial charge in [0.05, 0.1) is 51.7 Å². The maximum absolute atomic E-state index is 8.56. The van der Waals surface area contributed by atoms with Crippen LogP contribution in [-0.2, 0) is 9.47 Å². The van der Waals surface area contributed by atoms with E-state index in [1.54, 1.807) is 0 Å². The Morgan fingerprint density at radius 1 is 0.889 bits per heavy atom. The van der Waals surface area contributed by atoms with E-state index >= 15 is 0 Å². The van der Waals surface area contributed by atoms with Crippen LogP contribution >= 0.6 is 0 Å². The summed E-state index contributed by atoms with van der Waals surface area (Å²) in [5.41, 5.74) is 16.8. The predicted octanol–water partition coefficient (Wildman–Crippen LogP) is 0.362. The summed E-state index contributed by atoms with van der Waals surface area (Å²) in [7, 11) is 0. The minimum Gasteiger partial charge on any atom is -0.394 e. The second-order valence-electron chi connectivity index (χ2n) is 3.14. The van der Waals surface area contributed by atoms with Crippen molar-refractivity contribution in [3.05, 3.63) is 20.9 Å². The monoisotopic (exact) mass is 260 g/mol. The lowest BCUT2D eigenvalue weighted by molar-refractivity contribution is 0.0529. The van der Waals surface area contributed by atoms with E-state index in [4.69, 9.17) is 30.7 Å². The van der Waals surface area contributed by atoms with E-state index < -0.39 is 12.1 Å². The lowest BCUT2D eigenvalue weighted by Gasteiger charge is -2.18. The number of aliphatic hydroxyl groups excluding tert-OH is 2. The van der Waals surface area contributed by atoms with E-state index in [9.17, 15) is 0 Å². The third kappa shape index (κ3) is 7.69. The molecule has 0 bridgehead atoms. The molecule has 0 aliphatic rings. The average Bonchev–Trinajstić information content (AvgIpc) is 2.37. The van der Waals surface area contributed by atoms with Crippen LogP contribution in [0.3, 0.4) is 0 Å². The van der Waals surface area contributed by atoms with Crippen LogP contribution in [0.15, 0.2) is 10.2 Å². The van der Waals surface area contributed by atoms with Crippen molar-refractivity contribution in [2.24, 2.45) is 10.2 Å². The number of aliphatic hydroxyl groups is 2. The molecular weight excluding hydrogens is 244 g/mol. The number of hydrogen-bond acceptors (Lipinski definition) is 6. The van der Waals surface area contributed by atoms with Crippen molar-refractivity contribution < 1.29 is 19.7 Å². The maximum Gasteiger partial charge on any atom is 0.0714 e. The van der Waals surface area contributed by atoms with Gasteiger partial charge in [-0.05, 0) is 11.1 Å². The summed E-state index contributed by atoms with van der Waals surface area (Å²) in [6, 6.07) is -1.45. The molecule has 2 N–H and O–H groups in total. The van der Waals surface area contributed by atoms with Crippen LogP contribution in [0.1, 0.15) is 0 Å². The first kappa shape index (κ1) is 16.5. The third-order valence-corrected chi connectivity index (χ3v) is 1.89. The number of ether oxygens (including phenoxy) is 2. The largest absolute Gasteiger partial charge is 0.394 e. The Morgan fingerprint density at radius 2 is 1.28 bits per heavy atom. The van der Waals surface area contributed by atoms with Crippen molar-refractivity contribution in [1.29, 1.82) is 0 Å². The van der Waals surface area contributed by atoms with Crippen LogP contribution in [0.2, 0.25) is 0 Å². The molecule has 0 unspecified atom stereocenters. The van der Waals surface area contributed by atoms with E-state index in [1.807, 2.05) is 0 Å². The number of rotatable bonds is 11. The first-order chi connectivity index (χ1) is 8.79. The molecule has 0 fully saturated rings. The molecule has 0 aliphatic carbocycles. The lowest BCUT2D eigenvalue weighted by atomic mass is 10.1. The standard InChI is InChI=1S/C8H16N6O4/c9-13-11-7(5-17-3-1-15)8(12-14-10)6-18-4-2-16/h7-8,15-16H,1-6H2/t7-,8-/m1/s1. The molecule has 0 saturated carbocycles. The smallest absolute Gasteiger partial charge is 0.0714 e. The quantitative estimate of drug-likeness (QED) is 0.238. The zero-order chi connectivity index (χ0) is 13.6. The fraction of sp³-hybridized carbons (Fsp3) is 1.00. The molecule has 0 amide bonds. The van der Waals surface area contributed by atoms with Crippen molar-refractivity contribution in [2.75, 3.05) is 39.6 Å². The maximum atomic E-state index is 8.56. The Kier molecular flexibility index (Phi) is 10.9. The zero-order valence-corrected chi connectivity index (χ0v) is 9.79. The Morgan fingerprint density at radius 3 is 1.56 bits per heavy atom. The minimum atomic E-state index is -0.726. The Labute approximate surface area is 103 Å². The summed E-state index contributed by atoms with van der Waals surface area (Å²) in [6.45, 7) is -0.101. The van der Waals surface area contributed by atoms with Crippen LogP contribution in [-0.4, -0.2) is 61.9 Å². The van der Waals surface area contributed by atoms with Gasteiger partial charge in [-0.25, -0.2) is 0 Å². The molecule has 2 atom stereocenters. The first-order valence-corrected chi connectivity index (χ1v) is 5.25. The summed E-state index contributed by atoms with van der Waals surface area (Å²) in [5, 5.41) is 24.0. The summed E-state index contributed by atoms with van der Waals surface area (Å²) in [5.74, 6) is 0. The Balaban J connectivity index is 4.43. The molecule has 0 rings (SSSR count). The van der Waals surface area contributed by atoms with Gasteiger partial charge in [0.25, 0.3) is 0 Å². The van der Waals surface area contributed by atoms with Crippen LogP contribution in [0.5, 0.6) is 0 Å². The van der Waals surface area contributed by atoms with Gasteiger partial charge in [0.2, 0.25) is 0 Å². The highest BCUT2D eigenvalue weighted by molar-refractivity contribution is 4.83. The first-order valence-electron chi connectivity index (χ1n) is 5.25. The van der Waals surface area contributed by atoms with Crippen molar-refractivity contribution in [2.45, 2.75) is 12.1 Å². The lowest BCUT2D eigenvalue weighted by Crippen LogP contribution is -2.32. The summed E-state index contributed by atoms with van der Waals surface area (Å²) < 4.78 is 10.1. The van der Waals surface area contributed by atoms with E-state index in [1.165, 1.54) is 0 Å². The second kappa shape index (κ2) is 11.9. The van der Waals surface area contributed by atoms with Gasteiger partial charge in [0.1, 0.15) is 0 Å². The predicted molar refractivity (Wildman–Crippen MR) is 61.7 cm³/mol. The molecule has 0 heterocycles. The highest BCUT2D eigenvalue weighted by Gasteiger charge is 2.19. The van der Waals surface area contributed by atoms with Crippen LogP contribution < -0.4 is 0 Å². The number of hydrogen-bond donors (Lipinski definition) is 2. The minimum absolute atomic E-state index is 0.0107. The number of azide groups is 2. The van der Waals surface area contributed by atoms with Crippen LogP contribution in [0, 0.1) is 0 Å². The Bertz CT molecular complexity index is 272. The SMILES string of the molecule is [N-]=[N+]=N[C@H](COCCO)[C@@H](COCCO)N=[N+]=[N-]. The van der Waals surface area contributed by atoms with Crippen LogP contribution in [0.25, 0.3) is 20.9 Å². The van der Waals surface area contributed by atoms with E-state index in [-0.39, 0.29) is 39.6 Å². The van der Waals surface area contributed by atoms with Gasteiger partial charge in [-0.1, -0.05) is 10.2 Å². The normalized spacial score (nSPS) is 13.2. The van der Waals surface area contributed by atoms with Gasteiger partial charge in [-0.15, -0.1) is 0 Å². The van der Waals surface area contributed by atoms with Gasteiger partial charge in [-0.3, -0.25) is 0 Å². The molecule has 0 aromatic rings. The average molecular weight is 260 g/mol. The Hall–Kier alpha value is -1.54. The van der Waals surface area contributed by atoms with Crippen molar-refractivity contribution in [3.63, 3.8) is 0 Å². The van der Waals surface area contributed by atoms with Gasteiger partial charge in [0, 0.05) is 9.82 Å². The van der Waals surface area contributed by atoms with Gasteiger partial charge >= 0.3 is 0 Å². The number of nitrogens with zero attached hydrogens (tertiary/aromatic N) is 6. The van der Waals surface area contributed by atoms with Crippen LogP contribution in [0.4, 0.5) is 0 Å².